The zero-order valence-corrected chi connectivity index (χ0v) is 17.6. The van der Waals surface area contributed by atoms with Gasteiger partial charge >= 0.3 is 6.18 Å². The van der Waals surface area contributed by atoms with Gasteiger partial charge in [-0.15, -0.1) is 0 Å². The van der Waals surface area contributed by atoms with Crippen LogP contribution in [0.5, 0.6) is 5.75 Å². The number of anilines is 1. The van der Waals surface area contributed by atoms with Crippen LogP contribution in [0.1, 0.15) is 29.4 Å². The number of fused-ring (bicyclic) bond motifs is 2. The summed E-state index contributed by atoms with van der Waals surface area (Å²) in [7, 11) is 0. The molecule has 2 heterocycles. The minimum atomic E-state index is -4.57. The van der Waals surface area contributed by atoms with Crippen LogP contribution in [0.25, 0.3) is 16.7 Å². The molecule has 1 aliphatic rings. The lowest BCUT2D eigenvalue weighted by molar-refractivity contribution is -0.145. The van der Waals surface area contributed by atoms with Gasteiger partial charge in [-0.1, -0.05) is 30.3 Å². The van der Waals surface area contributed by atoms with Gasteiger partial charge in [-0.05, 0) is 49.2 Å². The van der Waals surface area contributed by atoms with Crippen molar-refractivity contribution in [1.29, 1.82) is 0 Å². The van der Waals surface area contributed by atoms with Gasteiger partial charge in [0, 0.05) is 30.3 Å². The number of para-hydroxylation sites is 2. The molecule has 1 aromatic heterocycles. The Morgan fingerprint density at radius 1 is 1.06 bits per heavy atom. The predicted octanol–water partition coefficient (Wildman–Crippen LogP) is 6.30. The van der Waals surface area contributed by atoms with E-state index in [-0.39, 0.29) is 6.10 Å². The number of alkyl halides is 3. The molecule has 163 valence electrons. The van der Waals surface area contributed by atoms with Crippen molar-refractivity contribution in [2.75, 3.05) is 5.32 Å². The first-order valence-corrected chi connectivity index (χ1v) is 10.3. The fraction of sp³-hybridized carbons (Fsp3) is 0.200. The van der Waals surface area contributed by atoms with Gasteiger partial charge < -0.3 is 10.1 Å². The molecule has 0 fully saturated rings. The lowest BCUT2D eigenvalue weighted by Crippen LogP contribution is -2.15. The summed E-state index contributed by atoms with van der Waals surface area (Å²) in [5, 5.41) is 3.36. The number of aromatic nitrogens is 2. The highest BCUT2D eigenvalue weighted by molar-refractivity contribution is 5.79. The largest absolute Gasteiger partial charge is 0.490 e. The molecule has 5 rings (SSSR count). The Hall–Kier alpha value is -3.48. The Bertz CT molecular complexity index is 1310. The average molecular weight is 436 g/mol. The summed E-state index contributed by atoms with van der Waals surface area (Å²) in [4.78, 5) is 3.87. The SMILES string of the molecule is Cc1c(CNc2ccc3c(c2)OC(C)[CH]3)cccc1-n1c(C(F)(F)F)nc2ccccc21. The van der Waals surface area contributed by atoms with Crippen LogP contribution in [-0.2, 0) is 12.7 Å². The molecule has 0 saturated heterocycles. The Balaban J connectivity index is 1.50. The van der Waals surface area contributed by atoms with Gasteiger partial charge in [0.2, 0.25) is 5.82 Å². The topological polar surface area (TPSA) is 39.1 Å². The number of imidazole rings is 1. The third-order valence-electron chi connectivity index (χ3n) is 5.70. The summed E-state index contributed by atoms with van der Waals surface area (Å²) in [6.45, 7) is 4.28. The van der Waals surface area contributed by atoms with Crippen LogP contribution < -0.4 is 10.1 Å². The van der Waals surface area contributed by atoms with Crippen molar-refractivity contribution in [3.63, 3.8) is 0 Å². The van der Waals surface area contributed by atoms with Crippen LogP contribution >= 0.6 is 0 Å². The van der Waals surface area contributed by atoms with E-state index in [0.717, 1.165) is 28.1 Å². The third kappa shape index (κ3) is 3.57. The van der Waals surface area contributed by atoms with Crippen molar-refractivity contribution in [3.05, 3.63) is 89.6 Å². The highest BCUT2D eigenvalue weighted by atomic mass is 19.4. The van der Waals surface area contributed by atoms with Crippen LogP contribution in [0.15, 0.2) is 60.7 Å². The number of nitrogens with one attached hydrogen (secondary N) is 1. The standard InChI is InChI=1S/C25H21F3N3O/c1-15-12-17-10-11-19(13-23(17)32-15)29-14-18-6-5-9-21(16(18)2)31-22-8-4-3-7-20(22)30-24(31)25(26,27)28/h3-13,15,29H,14H2,1-2H3. The van der Waals surface area contributed by atoms with Gasteiger partial charge in [-0.3, -0.25) is 4.57 Å². The fourth-order valence-electron chi connectivity index (χ4n) is 4.13. The van der Waals surface area contributed by atoms with E-state index in [1.54, 1.807) is 36.4 Å². The molecule has 1 N–H and O–H groups in total. The number of hydrogen-bond donors (Lipinski definition) is 1. The first-order chi connectivity index (χ1) is 15.3. The van der Waals surface area contributed by atoms with Crippen LogP contribution in [0.3, 0.4) is 0 Å². The molecule has 0 spiro atoms. The molecular weight excluding hydrogens is 415 g/mol. The van der Waals surface area contributed by atoms with Gasteiger partial charge in [0.05, 0.1) is 16.7 Å². The van der Waals surface area contributed by atoms with E-state index < -0.39 is 12.0 Å². The van der Waals surface area contributed by atoms with Crippen molar-refractivity contribution >= 4 is 16.7 Å². The molecule has 0 aliphatic carbocycles. The Morgan fingerprint density at radius 2 is 1.88 bits per heavy atom. The van der Waals surface area contributed by atoms with Crippen molar-refractivity contribution in [2.45, 2.75) is 32.7 Å². The number of ether oxygens (including phenoxy) is 1. The van der Waals surface area contributed by atoms with E-state index in [1.807, 2.05) is 38.1 Å². The van der Waals surface area contributed by atoms with E-state index in [1.165, 1.54) is 4.57 Å². The highest BCUT2D eigenvalue weighted by Gasteiger charge is 2.38. The quantitative estimate of drug-likeness (QED) is 0.408. The maximum atomic E-state index is 13.8. The Labute approximate surface area is 183 Å². The summed E-state index contributed by atoms with van der Waals surface area (Å²) < 4.78 is 48.4. The molecule has 7 heteroatoms. The summed E-state index contributed by atoms with van der Waals surface area (Å²) in [5.74, 6) is -0.0965. The number of benzene rings is 3. The second-order valence-electron chi connectivity index (χ2n) is 7.91. The zero-order valence-electron chi connectivity index (χ0n) is 17.6. The molecule has 3 aromatic carbocycles. The van der Waals surface area contributed by atoms with E-state index in [4.69, 9.17) is 4.74 Å². The van der Waals surface area contributed by atoms with Gasteiger partial charge in [0.25, 0.3) is 0 Å². The van der Waals surface area contributed by atoms with E-state index >= 15 is 0 Å². The molecule has 0 bridgehead atoms. The van der Waals surface area contributed by atoms with Crippen molar-refractivity contribution in [2.24, 2.45) is 0 Å². The van der Waals surface area contributed by atoms with Gasteiger partial charge in [-0.25, -0.2) is 4.98 Å². The summed E-state index contributed by atoms with van der Waals surface area (Å²) in [5.41, 5.74) is 4.81. The van der Waals surface area contributed by atoms with Gasteiger partial charge in [0.15, 0.2) is 0 Å². The molecule has 0 amide bonds. The number of rotatable bonds is 4. The van der Waals surface area contributed by atoms with E-state index in [9.17, 15) is 13.2 Å². The van der Waals surface area contributed by atoms with Crippen LogP contribution in [0.4, 0.5) is 18.9 Å². The molecule has 1 unspecified atom stereocenters. The second kappa shape index (κ2) is 7.58. The second-order valence-corrected chi connectivity index (χ2v) is 7.91. The number of hydrogen-bond acceptors (Lipinski definition) is 3. The van der Waals surface area contributed by atoms with Crippen LogP contribution in [-0.4, -0.2) is 15.7 Å². The Morgan fingerprint density at radius 3 is 2.69 bits per heavy atom. The molecule has 32 heavy (non-hydrogen) atoms. The van der Waals surface area contributed by atoms with Crippen molar-refractivity contribution < 1.29 is 17.9 Å². The average Bonchev–Trinajstić information content (AvgIpc) is 3.32. The molecule has 1 aliphatic heterocycles. The van der Waals surface area contributed by atoms with Crippen molar-refractivity contribution in [3.8, 4) is 11.4 Å². The highest BCUT2D eigenvalue weighted by Crippen LogP contribution is 2.36. The lowest BCUT2D eigenvalue weighted by Gasteiger charge is -2.17. The molecule has 4 nitrogen and oxygen atoms in total. The first kappa shape index (κ1) is 20.4. The minimum Gasteiger partial charge on any atom is -0.490 e. The number of halogens is 3. The first-order valence-electron chi connectivity index (χ1n) is 10.3. The monoisotopic (exact) mass is 436 g/mol. The van der Waals surface area contributed by atoms with Gasteiger partial charge in [0.1, 0.15) is 11.9 Å². The predicted molar refractivity (Wildman–Crippen MR) is 118 cm³/mol. The summed E-state index contributed by atoms with van der Waals surface area (Å²) >= 11 is 0. The molecule has 0 saturated carbocycles. The van der Waals surface area contributed by atoms with Gasteiger partial charge in [-0.2, -0.15) is 13.2 Å². The minimum absolute atomic E-state index is 0.0482. The summed E-state index contributed by atoms with van der Waals surface area (Å²) in [6, 6.07) is 18.0. The van der Waals surface area contributed by atoms with Crippen molar-refractivity contribution in [1.82, 2.24) is 9.55 Å². The van der Waals surface area contributed by atoms with E-state index in [2.05, 4.69) is 16.7 Å². The fourth-order valence-corrected chi connectivity index (χ4v) is 4.13. The third-order valence-corrected chi connectivity index (χ3v) is 5.70. The van der Waals surface area contributed by atoms with Crippen LogP contribution in [0.2, 0.25) is 0 Å². The maximum Gasteiger partial charge on any atom is 0.450 e. The molecule has 1 radical (unpaired) electrons. The lowest BCUT2D eigenvalue weighted by atomic mass is 10.1. The van der Waals surface area contributed by atoms with Crippen LogP contribution in [0, 0.1) is 13.3 Å². The number of nitrogens with zero attached hydrogens (tertiary/aromatic N) is 2. The molecule has 1 atom stereocenters. The molecule has 4 aromatic rings. The Kier molecular flexibility index (Phi) is 4.84. The zero-order chi connectivity index (χ0) is 22.5. The smallest absolute Gasteiger partial charge is 0.450 e. The maximum absolute atomic E-state index is 13.8. The summed E-state index contributed by atoms with van der Waals surface area (Å²) in [6.07, 6.45) is -2.47. The van der Waals surface area contributed by atoms with E-state index in [0.29, 0.717) is 23.3 Å². The molecular formula is C25H21F3N3O. The normalized spacial score (nSPS) is 15.6.